The Morgan fingerprint density at radius 2 is 2.00 bits per heavy atom. The smallest absolute Gasteiger partial charge is 0.260 e. The van der Waals surface area contributed by atoms with Gasteiger partial charge in [0, 0.05) is 18.2 Å². The lowest BCUT2D eigenvalue weighted by Gasteiger charge is -2.21. The molecule has 0 saturated heterocycles. The van der Waals surface area contributed by atoms with E-state index in [-0.39, 0.29) is 11.9 Å². The number of nitrogens with one attached hydrogen (secondary N) is 1. The number of methoxy groups -OCH3 is 1. The van der Waals surface area contributed by atoms with Crippen molar-refractivity contribution >= 4 is 5.91 Å². The van der Waals surface area contributed by atoms with Gasteiger partial charge in [-0.25, -0.2) is 0 Å². The van der Waals surface area contributed by atoms with Gasteiger partial charge in [-0.05, 0) is 25.8 Å². The quantitative estimate of drug-likeness (QED) is 0.771. The molecule has 0 fully saturated rings. The fourth-order valence-electron chi connectivity index (χ4n) is 2.06. The summed E-state index contributed by atoms with van der Waals surface area (Å²) in [5, 5.41) is 2.98. The molecule has 3 N–H and O–H groups in total. The van der Waals surface area contributed by atoms with E-state index in [4.69, 9.17) is 15.2 Å². The standard InChI is InChI=1S/C16H26N2O3/c1-5-13(6-2)18-16(19)11(3)21-15-12(10-17)8-7-9-14(15)20-4/h7-9,11,13H,5-6,10,17H2,1-4H3,(H,18,19). The molecule has 118 valence electrons. The van der Waals surface area contributed by atoms with E-state index in [1.807, 2.05) is 26.0 Å². The maximum atomic E-state index is 12.2. The number of rotatable bonds is 8. The molecule has 5 heteroatoms. The maximum Gasteiger partial charge on any atom is 0.260 e. The zero-order valence-electron chi connectivity index (χ0n) is 13.3. The molecule has 0 spiro atoms. The average Bonchev–Trinajstić information content (AvgIpc) is 2.52. The summed E-state index contributed by atoms with van der Waals surface area (Å²) in [6.07, 6.45) is 1.20. The SMILES string of the molecule is CCC(CC)NC(=O)C(C)Oc1c(CN)cccc1OC. The number of nitrogens with two attached hydrogens (primary N) is 1. The first-order valence-corrected chi connectivity index (χ1v) is 7.40. The van der Waals surface area contributed by atoms with E-state index in [0.29, 0.717) is 18.0 Å². The van der Waals surface area contributed by atoms with Crippen LogP contribution >= 0.6 is 0 Å². The highest BCUT2D eigenvalue weighted by Crippen LogP contribution is 2.31. The van der Waals surface area contributed by atoms with Gasteiger partial charge < -0.3 is 20.5 Å². The van der Waals surface area contributed by atoms with Gasteiger partial charge in [0.05, 0.1) is 7.11 Å². The molecule has 0 radical (unpaired) electrons. The molecule has 1 unspecified atom stereocenters. The predicted octanol–water partition coefficient (Wildman–Crippen LogP) is 2.23. The zero-order valence-corrected chi connectivity index (χ0v) is 13.3. The summed E-state index contributed by atoms with van der Waals surface area (Å²) in [6.45, 7) is 6.15. The Balaban J connectivity index is 2.82. The van der Waals surface area contributed by atoms with Gasteiger partial charge in [-0.1, -0.05) is 26.0 Å². The van der Waals surface area contributed by atoms with Crippen LogP contribution in [0.25, 0.3) is 0 Å². The molecule has 1 atom stereocenters. The highest BCUT2D eigenvalue weighted by Gasteiger charge is 2.20. The molecule has 21 heavy (non-hydrogen) atoms. The Morgan fingerprint density at radius 1 is 1.33 bits per heavy atom. The average molecular weight is 294 g/mol. The molecule has 5 nitrogen and oxygen atoms in total. The van der Waals surface area contributed by atoms with Crippen LogP contribution in [-0.2, 0) is 11.3 Å². The third-order valence-electron chi connectivity index (χ3n) is 3.50. The molecule has 0 aliphatic carbocycles. The molecule has 0 aliphatic heterocycles. The first-order chi connectivity index (χ1) is 10.1. The summed E-state index contributed by atoms with van der Waals surface area (Å²) >= 11 is 0. The van der Waals surface area contributed by atoms with Crippen LogP contribution in [-0.4, -0.2) is 25.2 Å². The monoisotopic (exact) mass is 294 g/mol. The summed E-state index contributed by atoms with van der Waals surface area (Å²) < 4.78 is 11.1. The van der Waals surface area contributed by atoms with Crippen molar-refractivity contribution in [3.63, 3.8) is 0 Å². The highest BCUT2D eigenvalue weighted by atomic mass is 16.5. The van der Waals surface area contributed by atoms with Crippen molar-refractivity contribution in [3.05, 3.63) is 23.8 Å². The molecule has 1 rings (SSSR count). The molecule has 0 saturated carbocycles. The second kappa shape index (κ2) is 8.52. The predicted molar refractivity (Wildman–Crippen MR) is 83.5 cm³/mol. The van der Waals surface area contributed by atoms with Gasteiger partial charge in [-0.2, -0.15) is 0 Å². The number of para-hydroxylation sites is 1. The van der Waals surface area contributed by atoms with Gasteiger partial charge in [0.2, 0.25) is 0 Å². The number of ether oxygens (including phenoxy) is 2. The maximum absolute atomic E-state index is 12.2. The fourth-order valence-corrected chi connectivity index (χ4v) is 2.06. The Hall–Kier alpha value is -1.75. The Bertz CT molecular complexity index is 437. The van der Waals surface area contributed by atoms with Gasteiger partial charge in [-0.15, -0.1) is 0 Å². The third-order valence-corrected chi connectivity index (χ3v) is 3.50. The number of carbonyl (C=O) groups is 1. The minimum absolute atomic E-state index is 0.127. The molecular weight excluding hydrogens is 268 g/mol. The van der Waals surface area contributed by atoms with Crippen LogP contribution in [0.15, 0.2) is 18.2 Å². The van der Waals surface area contributed by atoms with Crippen LogP contribution < -0.4 is 20.5 Å². The molecule has 0 aliphatic rings. The Kier molecular flexibility index (Phi) is 7.02. The van der Waals surface area contributed by atoms with E-state index >= 15 is 0 Å². The summed E-state index contributed by atoms with van der Waals surface area (Å²) in [5.74, 6) is 0.993. The van der Waals surface area contributed by atoms with Crippen molar-refractivity contribution in [1.29, 1.82) is 0 Å². The molecular formula is C16H26N2O3. The van der Waals surface area contributed by atoms with Crippen LogP contribution in [0.4, 0.5) is 0 Å². The summed E-state index contributed by atoms with van der Waals surface area (Å²) in [7, 11) is 1.57. The minimum atomic E-state index is -0.604. The van der Waals surface area contributed by atoms with Crippen molar-refractivity contribution in [1.82, 2.24) is 5.32 Å². The minimum Gasteiger partial charge on any atom is -0.493 e. The van der Waals surface area contributed by atoms with Gasteiger partial charge >= 0.3 is 0 Å². The number of benzene rings is 1. The van der Waals surface area contributed by atoms with Gasteiger partial charge in [-0.3, -0.25) is 4.79 Å². The van der Waals surface area contributed by atoms with E-state index in [2.05, 4.69) is 5.32 Å². The Labute approximate surface area is 126 Å². The van der Waals surface area contributed by atoms with E-state index in [0.717, 1.165) is 18.4 Å². The molecule has 0 heterocycles. The first-order valence-electron chi connectivity index (χ1n) is 7.40. The lowest BCUT2D eigenvalue weighted by Crippen LogP contribution is -2.42. The second-order valence-electron chi connectivity index (χ2n) is 4.93. The topological polar surface area (TPSA) is 73.6 Å². The number of hydrogen-bond donors (Lipinski definition) is 2. The molecule has 1 aromatic rings. The van der Waals surface area contributed by atoms with Crippen LogP contribution in [0.3, 0.4) is 0 Å². The normalized spacial score (nSPS) is 12.1. The molecule has 1 amide bonds. The van der Waals surface area contributed by atoms with E-state index < -0.39 is 6.10 Å². The number of hydrogen-bond acceptors (Lipinski definition) is 4. The largest absolute Gasteiger partial charge is 0.493 e. The number of amides is 1. The summed E-state index contributed by atoms with van der Waals surface area (Å²) in [6, 6.07) is 5.68. The van der Waals surface area contributed by atoms with Crippen LogP contribution in [0.5, 0.6) is 11.5 Å². The van der Waals surface area contributed by atoms with Crippen molar-refractivity contribution in [2.24, 2.45) is 5.73 Å². The Morgan fingerprint density at radius 3 is 2.52 bits per heavy atom. The summed E-state index contributed by atoms with van der Waals surface area (Å²) in [5.41, 5.74) is 6.53. The van der Waals surface area contributed by atoms with E-state index in [1.165, 1.54) is 0 Å². The third kappa shape index (κ3) is 4.63. The van der Waals surface area contributed by atoms with Gasteiger partial charge in [0.25, 0.3) is 5.91 Å². The lowest BCUT2D eigenvalue weighted by atomic mass is 10.1. The van der Waals surface area contributed by atoms with E-state index in [9.17, 15) is 4.79 Å². The highest BCUT2D eigenvalue weighted by molar-refractivity contribution is 5.81. The van der Waals surface area contributed by atoms with Crippen LogP contribution in [0.2, 0.25) is 0 Å². The van der Waals surface area contributed by atoms with Crippen LogP contribution in [0, 0.1) is 0 Å². The number of carbonyl (C=O) groups excluding carboxylic acids is 1. The van der Waals surface area contributed by atoms with Crippen molar-refractivity contribution < 1.29 is 14.3 Å². The van der Waals surface area contributed by atoms with E-state index in [1.54, 1.807) is 20.1 Å². The van der Waals surface area contributed by atoms with Crippen LogP contribution in [0.1, 0.15) is 39.2 Å². The first kappa shape index (κ1) is 17.3. The van der Waals surface area contributed by atoms with Crippen molar-refractivity contribution in [2.75, 3.05) is 7.11 Å². The van der Waals surface area contributed by atoms with Crippen molar-refractivity contribution in [2.45, 2.75) is 52.3 Å². The lowest BCUT2D eigenvalue weighted by molar-refractivity contribution is -0.128. The second-order valence-corrected chi connectivity index (χ2v) is 4.93. The molecule has 1 aromatic carbocycles. The fraction of sp³-hybridized carbons (Fsp3) is 0.562. The zero-order chi connectivity index (χ0) is 15.8. The van der Waals surface area contributed by atoms with Gasteiger partial charge in [0.15, 0.2) is 17.6 Å². The molecule has 0 aromatic heterocycles. The summed E-state index contributed by atoms with van der Waals surface area (Å²) in [4.78, 5) is 12.2. The molecule has 0 bridgehead atoms. The van der Waals surface area contributed by atoms with Crippen molar-refractivity contribution in [3.8, 4) is 11.5 Å². The van der Waals surface area contributed by atoms with Gasteiger partial charge in [0.1, 0.15) is 0 Å².